The van der Waals surface area contributed by atoms with Crippen molar-refractivity contribution in [2.24, 2.45) is 0 Å². The van der Waals surface area contributed by atoms with Crippen LogP contribution in [0, 0.1) is 10.1 Å². The highest BCUT2D eigenvalue weighted by Crippen LogP contribution is 2.30. The molecule has 1 saturated carbocycles. The van der Waals surface area contributed by atoms with E-state index in [1.165, 1.54) is 18.2 Å². The number of nitro benzene ring substituents is 1. The Labute approximate surface area is 132 Å². The maximum Gasteiger partial charge on any atom is 0.271 e. The number of benzene rings is 1. The first kappa shape index (κ1) is 16.0. The maximum atomic E-state index is 12.4. The van der Waals surface area contributed by atoms with Crippen molar-refractivity contribution in [2.45, 2.75) is 37.6 Å². The highest BCUT2D eigenvalue weighted by atomic mass is 35.5. The van der Waals surface area contributed by atoms with Crippen molar-refractivity contribution >= 4 is 34.8 Å². The fraction of sp³-hybridized carbons (Fsp3) is 0.500. The summed E-state index contributed by atoms with van der Waals surface area (Å²) in [5, 5.41) is 13.9. The van der Waals surface area contributed by atoms with Crippen LogP contribution in [-0.4, -0.2) is 22.2 Å². The lowest BCUT2D eigenvalue weighted by Crippen LogP contribution is -2.51. The standard InChI is InChI=1S/C14H16Cl2N2O3/c15-9-14(4-2-1-3-5-14)17-13(19)10-6-11(16)8-12(7-10)18(20)21/h6-8H,1-5,9H2,(H,17,19). The first-order valence-corrected chi connectivity index (χ1v) is 7.70. The van der Waals surface area contributed by atoms with Crippen LogP contribution in [0.3, 0.4) is 0 Å². The first-order chi connectivity index (χ1) is 9.96. The highest BCUT2D eigenvalue weighted by Gasteiger charge is 2.33. The minimum atomic E-state index is -0.569. The maximum absolute atomic E-state index is 12.4. The van der Waals surface area contributed by atoms with Gasteiger partial charge in [-0.1, -0.05) is 30.9 Å². The molecule has 5 nitrogen and oxygen atoms in total. The second-order valence-corrected chi connectivity index (χ2v) is 6.09. The molecule has 0 aromatic heterocycles. The lowest BCUT2D eigenvalue weighted by Gasteiger charge is -2.36. The molecule has 0 bridgehead atoms. The molecular formula is C14H16Cl2N2O3. The van der Waals surface area contributed by atoms with Gasteiger partial charge in [-0.2, -0.15) is 0 Å². The Hall–Kier alpha value is -1.33. The molecule has 1 amide bonds. The van der Waals surface area contributed by atoms with Crippen molar-refractivity contribution in [3.05, 3.63) is 38.9 Å². The molecule has 1 aromatic carbocycles. The van der Waals surface area contributed by atoms with Gasteiger partial charge in [0.25, 0.3) is 11.6 Å². The first-order valence-electron chi connectivity index (χ1n) is 6.79. The molecule has 1 aliphatic rings. The number of alkyl halides is 1. The number of nitrogens with one attached hydrogen (secondary N) is 1. The van der Waals surface area contributed by atoms with Crippen molar-refractivity contribution < 1.29 is 9.72 Å². The van der Waals surface area contributed by atoms with Crippen LogP contribution in [0.15, 0.2) is 18.2 Å². The molecule has 7 heteroatoms. The summed E-state index contributed by atoms with van der Waals surface area (Å²) in [5.41, 5.74) is -0.436. The van der Waals surface area contributed by atoms with Crippen molar-refractivity contribution in [3.8, 4) is 0 Å². The van der Waals surface area contributed by atoms with Crippen molar-refractivity contribution in [1.82, 2.24) is 5.32 Å². The monoisotopic (exact) mass is 330 g/mol. The normalized spacial score (nSPS) is 17.2. The lowest BCUT2D eigenvalue weighted by molar-refractivity contribution is -0.384. The summed E-state index contributed by atoms with van der Waals surface area (Å²) in [5.74, 6) is -0.0374. The minimum absolute atomic E-state index is 0.165. The Balaban J connectivity index is 2.21. The molecule has 1 aliphatic carbocycles. The van der Waals surface area contributed by atoms with Crippen molar-refractivity contribution in [2.75, 3.05) is 5.88 Å². The number of rotatable bonds is 4. The molecule has 0 atom stereocenters. The number of halogens is 2. The second-order valence-electron chi connectivity index (χ2n) is 5.38. The summed E-state index contributed by atoms with van der Waals surface area (Å²) < 4.78 is 0. The summed E-state index contributed by atoms with van der Waals surface area (Å²) in [6.07, 6.45) is 4.82. The largest absolute Gasteiger partial charge is 0.345 e. The van der Waals surface area contributed by atoms with Gasteiger partial charge in [-0.3, -0.25) is 14.9 Å². The fourth-order valence-corrected chi connectivity index (χ4v) is 3.21. The zero-order valence-electron chi connectivity index (χ0n) is 11.4. The molecule has 0 aliphatic heterocycles. The zero-order chi connectivity index (χ0) is 15.5. The van der Waals surface area contributed by atoms with E-state index in [9.17, 15) is 14.9 Å². The second kappa shape index (κ2) is 6.62. The van der Waals surface area contributed by atoms with Crippen LogP contribution >= 0.6 is 23.2 Å². The van der Waals surface area contributed by atoms with Gasteiger partial charge in [0, 0.05) is 28.6 Å². The van der Waals surface area contributed by atoms with E-state index in [4.69, 9.17) is 23.2 Å². The molecule has 1 aromatic rings. The Morgan fingerprint density at radius 1 is 1.29 bits per heavy atom. The van der Waals surface area contributed by atoms with Crippen LogP contribution in [0.5, 0.6) is 0 Å². The Kier molecular flexibility index (Phi) is 5.06. The van der Waals surface area contributed by atoms with Crippen LogP contribution in [0.2, 0.25) is 5.02 Å². The van der Waals surface area contributed by atoms with Gasteiger partial charge in [0.1, 0.15) is 0 Å². The van der Waals surface area contributed by atoms with Crippen molar-refractivity contribution in [3.63, 3.8) is 0 Å². The van der Waals surface area contributed by atoms with Gasteiger partial charge in [-0.15, -0.1) is 11.6 Å². The molecule has 0 spiro atoms. The zero-order valence-corrected chi connectivity index (χ0v) is 12.9. The number of non-ortho nitro benzene ring substituents is 1. The molecule has 114 valence electrons. The molecule has 2 rings (SSSR count). The molecule has 0 radical (unpaired) electrons. The van der Waals surface area contributed by atoms with Crippen LogP contribution in [-0.2, 0) is 0 Å². The minimum Gasteiger partial charge on any atom is -0.345 e. The van der Waals surface area contributed by atoms with E-state index in [1.807, 2.05) is 0 Å². The number of hydrogen-bond acceptors (Lipinski definition) is 3. The fourth-order valence-electron chi connectivity index (χ4n) is 2.64. The molecule has 0 saturated heterocycles. The third-order valence-corrected chi connectivity index (χ3v) is 4.53. The van der Waals surface area contributed by atoms with Gasteiger partial charge < -0.3 is 5.32 Å². The Bertz CT molecular complexity index is 557. The average Bonchev–Trinajstić information content (AvgIpc) is 2.47. The number of carbonyl (C=O) groups is 1. The van der Waals surface area contributed by atoms with E-state index in [1.54, 1.807) is 0 Å². The van der Waals surface area contributed by atoms with Crippen LogP contribution < -0.4 is 5.32 Å². The predicted molar refractivity (Wildman–Crippen MR) is 82.1 cm³/mol. The molecule has 1 N–H and O–H groups in total. The molecule has 21 heavy (non-hydrogen) atoms. The van der Waals surface area contributed by atoms with Gasteiger partial charge >= 0.3 is 0 Å². The molecular weight excluding hydrogens is 315 g/mol. The van der Waals surface area contributed by atoms with Gasteiger partial charge in [-0.25, -0.2) is 0 Å². The molecule has 0 heterocycles. The number of carbonyl (C=O) groups excluding carboxylic acids is 1. The third-order valence-electron chi connectivity index (χ3n) is 3.80. The number of hydrogen-bond donors (Lipinski definition) is 1. The van der Waals surface area contributed by atoms with E-state index < -0.39 is 10.5 Å². The topological polar surface area (TPSA) is 72.2 Å². The van der Waals surface area contributed by atoms with Gasteiger partial charge in [0.05, 0.1) is 10.5 Å². The van der Waals surface area contributed by atoms with E-state index >= 15 is 0 Å². The summed E-state index contributed by atoms with van der Waals surface area (Å²) in [6, 6.07) is 3.87. The van der Waals surface area contributed by atoms with E-state index in [2.05, 4.69) is 5.32 Å². The molecule has 0 unspecified atom stereocenters. The Morgan fingerprint density at radius 3 is 2.52 bits per heavy atom. The van der Waals surface area contributed by atoms with E-state index in [-0.39, 0.29) is 22.2 Å². The van der Waals surface area contributed by atoms with Crippen LogP contribution in [0.25, 0.3) is 0 Å². The summed E-state index contributed by atoms with van der Waals surface area (Å²) in [4.78, 5) is 22.6. The number of nitrogens with zero attached hydrogens (tertiary/aromatic N) is 1. The summed E-state index contributed by atoms with van der Waals surface area (Å²) in [7, 11) is 0. The van der Waals surface area contributed by atoms with Crippen LogP contribution in [0.4, 0.5) is 5.69 Å². The van der Waals surface area contributed by atoms with Crippen molar-refractivity contribution in [1.29, 1.82) is 0 Å². The SMILES string of the molecule is O=C(NC1(CCl)CCCCC1)c1cc(Cl)cc([N+](=O)[O-])c1. The molecule has 1 fully saturated rings. The summed E-state index contributed by atoms with van der Waals surface area (Å²) >= 11 is 11.9. The van der Waals surface area contributed by atoms with E-state index in [0.29, 0.717) is 5.88 Å². The highest BCUT2D eigenvalue weighted by molar-refractivity contribution is 6.31. The third kappa shape index (κ3) is 3.86. The number of nitro groups is 1. The summed E-state index contributed by atoms with van der Waals surface area (Å²) in [6.45, 7) is 0. The van der Waals surface area contributed by atoms with Gasteiger partial charge in [-0.05, 0) is 18.9 Å². The predicted octanol–water partition coefficient (Wildman–Crippen LogP) is 3.92. The average molecular weight is 331 g/mol. The van der Waals surface area contributed by atoms with Gasteiger partial charge in [0.15, 0.2) is 0 Å². The number of amides is 1. The van der Waals surface area contributed by atoms with E-state index in [0.717, 1.165) is 32.1 Å². The van der Waals surface area contributed by atoms with Gasteiger partial charge in [0.2, 0.25) is 0 Å². The smallest absolute Gasteiger partial charge is 0.271 e. The van der Waals surface area contributed by atoms with Crippen LogP contribution in [0.1, 0.15) is 42.5 Å². The Morgan fingerprint density at radius 2 is 1.95 bits per heavy atom. The lowest BCUT2D eigenvalue weighted by atomic mass is 9.83. The quantitative estimate of drug-likeness (QED) is 0.516.